The Hall–Kier alpha value is -0.920. The Bertz CT molecular complexity index is 330. The lowest BCUT2D eigenvalue weighted by molar-refractivity contribution is -0.124. The first-order valence-corrected chi connectivity index (χ1v) is 9.23. The maximum Gasteiger partial charge on any atom is 0.135 e. The molecule has 0 amide bonds. The fraction of sp³-hybridized carbons (Fsp3) is 0.926. The molecule has 0 saturated carbocycles. The monoisotopic (exact) mass is 455 g/mol. The molecule has 31 heavy (non-hydrogen) atoms. The van der Waals surface area contributed by atoms with Crippen molar-refractivity contribution in [1.82, 2.24) is 4.90 Å². The number of carbonyl (C=O) groups is 1. The van der Waals surface area contributed by atoms with Crippen molar-refractivity contribution in [2.75, 3.05) is 21.1 Å². The minimum Gasteiger partial charge on any atom is -0.391 e. The highest BCUT2D eigenvalue weighted by atomic mass is 16.3. The van der Waals surface area contributed by atoms with E-state index in [4.69, 9.17) is 10.4 Å². The van der Waals surface area contributed by atoms with Crippen molar-refractivity contribution in [3.8, 4) is 6.07 Å². The van der Waals surface area contributed by atoms with Gasteiger partial charge in [-0.3, -0.25) is 4.79 Å². The van der Waals surface area contributed by atoms with E-state index in [0.717, 1.165) is 5.92 Å². The molecule has 0 radical (unpaired) electrons. The number of Topliss-reactive ketones (excluding diaryl/α,β-unsaturated/α-hetero) is 1. The van der Waals surface area contributed by atoms with E-state index in [1.807, 2.05) is 67.6 Å². The SMILES string of the molecule is C.C.C.C.C.CC(=O)C(C)(C)C.CC(C)(C)C#N.CC(C)(C)O.CC(C)C.CN(C)C. The minimum atomic E-state index is -0.500. The summed E-state index contributed by atoms with van der Waals surface area (Å²) in [6.07, 6.45) is 0. The van der Waals surface area contributed by atoms with Gasteiger partial charge < -0.3 is 10.0 Å². The van der Waals surface area contributed by atoms with E-state index in [1.165, 1.54) is 0 Å². The van der Waals surface area contributed by atoms with E-state index < -0.39 is 5.60 Å². The van der Waals surface area contributed by atoms with Crippen LogP contribution in [0.1, 0.15) is 127 Å². The molecule has 0 unspecified atom stereocenters. The fourth-order valence-corrected chi connectivity index (χ4v) is 0. The van der Waals surface area contributed by atoms with Gasteiger partial charge in [0.15, 0.2) is 0 Å². The largest absolute Gasteiger partial charge is 0.391 e. The predicted octanol–water partition coefficient (Wildman–Crippen LogP) is 8.98. The van der Waals surface area contributed by atoms with Crippen molar-refractivity contribution < 1.29 is 9.90 Å². The Balaban J connectivity index is -0.0000000217. The minimum absolute atomic E-state index is 0. The molecule has 4 nitrogen and oxygen atoms in total. The molecule has 4 heteroatoms. The molecule has 0 fully saturated rings. The zero-order valence-corrected chi connectivity index (χ0v) is 20.8. The second kappa shape index (κ2) is 31.3. The molecule has 0 spiro atoms. The Morgan fingerprint density at radius 1 is 0.774 bits per heavy atom. The number of ketones is 1. The smallest absolute Gasteiger partial charge is 0.135 e. The van der Waals surface area contributed by atoms with Gasteiger partial charge in [-0.2, -0.15) is 5.26 Å². The molecule has 200 valence electrons. The molecule has 0 aromatic rings. The van der Waals surface area contributed by atoms with E-state index in [-0.39, 0.29) is 53.7 Å². The Morgan fingerprint density at radius 2 is 0.839 bits per heavy atom. The lowest BCUT2D eigenvalue weighted by Crippen LogP contribution is -2.15. The summed E-state index contributed by atoms with van der Waals surface area (Å²) in [4.78, 5) is 12.5. The average Bonchev–Trinajstić information content (AvgIpc) is 2.23. The molecule has 0 aliphatic heterocycles. The van der Waals surface area contributed by atoms with Gasteiger partial charge in [0.05, 0.1) is 11.7 Å². The summed E-state index contributed by atoms with van der Waals surface area (Å²) in [6.45, 7) is 24.7. The van der Waals surface area contributed by atoms with E-state index in [0.29, 0.717) is 0 Å². The predicted molar refractivity (Wildman–Crippen MR) is 151 cm³/mol. The van der Waals surface area contributed by atoms with Crippen LogP contribution >= 0.6 is 0 Å². The first-order valence-electron chi connectivity index (χ1n) is 9.23. The van der Waals surface area contributed by atoms with Gasteiger partial charge in [0.1, 0.15) is 5.78 Å². The van der Waals surface area contributed by atoms with Gasteiger partial charge in [0.25, 0.3) is 0 Å². The third kappa shape index (κ3) is 327. The van der Waals surface area contributed by atoms with Gasteiger partial charge in [-0.1, -0.05) is 78.7 Å². The summed E-state index contributed by atoms with van der Waals surface area (Å²) < 4.78 is 0. The molecular weight excluding hydrogens is 384 g/mol. The van der Waals surface area contributed by atoms with Gasteiger partial charge in [0.2, 0.25) is 0 Å². The van der Waals surface area contributed by atoms with Crippen LogP contribution in [0.2, 0.25) is 0 Å². The summed E-state index contributed by atoms with van der Waals surface area (Å²) in [7, 11) is 6.00. The van der Waals surface area contributed by atoms with Gasteiger partial charge in [-0.25, -0.2) is 0 Å². The van der Waals surface area contributed by atoms with Crippen LogP contribution in [0.25, 0.3) is 0 Å². The lowest BCUT2D eigenvalue weighted by atomic mass is 9.92. The van der Waals surface area contributed by atoms with Crippen molar-refractivity contribution >= 4 is 5.78 Å². The van der Waals surface area contributed by atoms with Gasteiger partial charge in [0, 0.05) is 10.8 Å². The fourth-order valence-electron chi connectivity index (χ4n) is 0. The summed E-state index contributed by atoms with van der Waals surface area (Å²) in [5, 5.41) is 16.7. The molecule has 0 aliphatic carbocycles. The molecule has 0 atom stereocenters. The number of nitriles is 1. The van der Waals surface area contributed by atoms with Gasteiger partial charge in [-0.05, 0) is 75.5 Å². The topological polar surface area (TPSA) is 64.3 Å². The van der Waals surface area contributed by atoms with Crippen molar-refractivity contribution in [2.45, 2.75) is 133 Å². The van der Waals surface area contributed by atoms with Crippen LogP contribution in [0.5, 0.6) is 0 Å². The number of hydrogen-bond acceptors (Lipinski definition) is 4. The zero-order chi connectivity index (χ0) is 22.9. The molecule has 0 aromatic heterocycles. The molecule has 0 saturated heterocycles. The van der Waals surface area contributed by atoms with Gasteiger partial charge in [-0.15, -0.1) is 0 Å². The normalized spacial score (nSPS) is 8.84. The third-order valence-electron chi connectivity index (χ3n) is 1.39. The summed E-state index contributed by atoms with van der Waals surface area (Å²) >= 11 is 0. The van der Waals surface area contributed by atoms with E-state index in [1.54, 1.807) is 27.7 Å². The summed E-state index contributed by atoms with van der Waals surface area (Å²) in [5.41, 5.74) is -0.792. The Kier molecular flexibility index (Phi) is 63.6. The maximum absolute atomic E-state index is 10.5. The van der Waals surface area contributed by atoms with E-state index in [2.05, 4.69) is 26.8 Å². The molecular formula is C27H70N2O2. The molecule has 0 rings (SSSR count). The first-order chi connectivity index (χ1) is 11.0. The number of carbonyl (C=O) groups excluding carboxylic acids is 1. The van der Waals surface area contributed by atoms with Crippen molar-refractivity contribution in [2.24, 2.45) is 16.7 Å². The standard InChI is InChI=1S/C6H12O.C5H9N.C4H10O.C4H10.C3H9N.5CH4/c1-5(7)6(2,3)4;1-5(2,3)4-6;1-4(2,3)5;2*1-4(2)3;;;;;/h1-4H3;1-3H3;5H,1-3H3;4H,1-3H3;1-3H3;5*1H4. The van der Waals surface area contributed by atoms with Crippen LogP contribution < -0.4 is 0 Å². The van der Waals surface area contributed by atoms with Crippen molar-refractivity contribution in [3.05, 3.63) is 0 Å². The number of hydrogen-bond donors (Lipinski definition) is 1. The summed E-state index contributed by atoms with van der Waals surface area (Å²) in [6, 6.07) is 2.10. The lowest BCUT2D eigenvalue weighted by Gasteiger charge is -2.11. The van der Waals surface area contributed by atoms with Crippen molar-refractivity contribution in [3.63, 3.8) is 0 Å². The van der Waals surface area contributed by atoms with Crippen molar-refractivity contribution in [1.29, 1.82) is 5.26 Å². The van der Waals surface area contributed by atoms with E-state index in [9.17, 15) is 4.79 Å². The molecule has 0 heterocycles. The van der Waals surface area contributed by atoms with Crippen LogP contribution in [0.15, 0.2) is 0 Å². The highest BCUT2D eigenvalue weighted by Gasteiger charge is 2.14. The maximum atomic E-state index is 10.5. The quantitative estimate of drug-likeness (QED) is 0.396. The third-order valence-corrected chi connectivity index (χ3v) is 1.39. The number of aliphatic hydroxyl groups is 1. The number of rotatable bonds is 0. The Labute approximate surface area is 202 Å². The van der Waals surface area contributed by atoms with Crippen LogP contribution in [0, 0.1) is 28.1 Å². The van der Waals surface area contributed by atoms with Crippen LogP contribution in [0.4, 0.5) is 0 Å². The molecule has 0 aliphatic rings. The number of nitrogens with zero attached hydrogens (tertiary/aromatic N) is 2. The first kappa shape index (κ1) is 63.1. The van der Waals surface area contributed by atoms with Gasteiger partial charge >= 0.3 is 0 Å². The van der Waals surface area contributed by atoms with Crippen LogP contribution in [-0.4, -0.2) is 42.5 Å². The second-order valence-electron chi connectivity index (χ2n) is 10.4. The summed E-state index contributed by atoms with van der Waals surface area (Å²) in [5.74, 6) is 1.08. The molecule has 0 aromatic carbocycles. The molecule has 0 bridgehead atoms. The highest BCUT2D eigenvalue weighted by molar-refractivity contribution is 5.80. The average molecular weight is 455 g/mol. The Morgan fingerprint density at radius 3 is 0.839 bits per heavy atom. The molecule has 1 N–H and O–H groups in total. The highest BCUT2D eigenvalue weighted by Crippen LogP contribution is 2.12. The van der Waals surface area contributed by atoms with E-state index >= 15 is 0 Å². The van der Waals surface area contributed by atoms with Crippen LogP contribution in [-0.2, 0) is 4.79 Å². The zero-order valence-electron chi connectivity index (χ0n) is 20.8. The van der Waals surface area contributed by atoms with Crippen LogP contribution in [0.3, 0.4) is 0 Å². The second-order valence-corrected chi connectivity index (χ2v) is 10.4.